The van der Waals surface area contributed by atoms with Crippen LogP contribution in [-0.2, 0) is 19.1 Å². The fraction of sp³-hybridized carbons (Fsp3) is 0.800. The number of rotatable bonds is 6. The summed E-state index contributed by atoms with van der Waals surface area (Å²) in [6.45, 7) is 4.06. The van der Waals surface area contributed by atoms with Crippen LogP contribution < -0.4 is 11.5 Å². The predicted molar refractivity (Wildman–Crippen MR) is 77.7 cm³/mol. The van der Waals surface area contributed by atoms with E-state index in [4.69, 9.17) is 21.3 Å². The van der Waals surface area contributed by atoms with Crippen LogP contribution in [0.25, 0.3) is 0 Å². The Balaban J connectivity index is 1.94. The molecule has 7 heteroatoms. The number of carboxylic acids is 1. The first kappa shape index (κ1) is 16.9. The Labute approximate surface area is 129 Å². The molecular formula is C15H24N2O5. The second kappa shape index (κ2) is 5.96. The zero-order chi connectivity index (χ0) is 16.7. The van der Waals surface area contributed by atoms with Crippen LogP contribution in [0.3, 0.4) is 0 Å². The Hall–Kier alpha value is -1.47. The minimum absolute atomic E-state index is 0.169. The molecular weight excluding hydrogens is 288 g/mol. The standard InChI is InChI=1S/C15H24N2O5/c1-7-3-4-8(2)13(7)22-14(21)15(17)6-9(15)12(20)10(16)5-11(18)19/h7-10,13H,3-6,16-17H2,1-2H3,(H,18,19)/t7?,8?,9?,10-,13?,15?/m0/s1. The van der Waals surface area contributed by atoms with Crippen LogP contribution >= 0.6 is 0 Å². The van der Waals surface area contributed by atoms with Gasteiger partial charge in [0.05, 0.1) is 18.4 Å². The van der Waals surface area contributed by atoms with Crippen molar-refractivity contribution in [2.45, 2.75) is 57.2 Å². The van der Waals surface area contributed by atoms with Gasteiger partial charge in [-0.3, -0.25) is 14.4 Å². The molecule has 124 valence electrons. The summed E-state index contributed by atoms with van der Waals surface area (Å²) in [5.41, 5.74) is 10.2. The minimum atomic E-state index is -1.34. The smallest absolute Gasteiger partial charge is 0.327 e. The highest BCUT2D eigenvalue weighted by Crippen LogP contribution is 2.45. The van der Waals surface area contributed by atoms with Crippen molar-refractivity contribution in [1.82, 2.24) is 0 Å². The lowest BCUT2D eigenvalue weighted by Gasteiger charge is -2.23. The molecule has 4 unspecified atom stereocenters. The van der Waals surface area contributed by atoms with Crippen LogP contribution in [0.4, 0.5) is 0 Å². The SMILES string of the molecule is CC1CCC(C)C1OC(=O)C1(N)CC1C(=O)[C@@H](N)CC(=O)O. The summed E-state index contributed by atoms with van der Waals surface area (Å²) in [4.78, 5) is 34.9. The maximum absolute atomic E-state index is 12.3. The molecule has 0 aromatic rings. The zero-order valence-corrected chi connectivity index (χ0v) is 13.0. The van der Waals surface area contributed by atoms with E-state index in [0.29, 0.717) is 0 Å². The summed E-state index contributed by atoms with van der Waals surface area (Å²) >= 11 is 0. The quantitative estimate of drug-likeness (QED) is 0.590. The Morgan fingerprint density at radius 1 is 1.27 bits per heavy atom. The molecule has 0 spiro atoms. The molecule has 5 atom stereocenters. The molecule has 0 saturated heterocycles. The topological polar surface area (TPSA) is 133 Å². The molecule has 5 N–H and O–H groups in total. The van der Waals surface area contributed by atoms with Crippen LogP contribution in [0, 0.1) is 17.8 Å². The predicted octanol–water partition coefficient (Wildman–Crippen LogP) is 0.0527. The number of Topliss-reactive ketones (excluding diaryl/α,β-unsaturated/α-hetero) is 1. The van der Waals surface area contributed by atoms with Gasteiger partial charge in [-0.1, -0.05) is 13.8 Å². The first-order valence-corrected chi connectivity index (χ1v) is 7.68. The van der Waals surface area contributed by atoms with Gasteiger partial charge in [0.25, 0.3) is 0 Å². The third-order valence-electron chi connectivity index (χ3n) is 4.93. The number of esters is 1. The summed E-state index contributed by atoms with van der Waals surface area (Å²) in [7, 11) is 0. The molecule has 0 aromatic carbocycles. The number of hydrogen-bond donors (Lipinski definition) is 3. The van der Waals surface area contributed by atoms with Gasteiger partial charge in [-0.05, 0) is 31.1 Å². The lowest BCUT2D eigenvalue weighted by Crippen LogP contribution is -2.44. The van der Waals surface area contributed by atoms with Gasteiger partial charge in [-0.2, -0.15) is 0 Å². The summed E-state index contributed by atoms with van der Waals surface area (Å²) in [5, 5.41) is 8.67. The Bertz CT molecular complexity index is 484. The second-order valence-corrected chi connectivity index (χ2v) is 6.81. The highest BCUT2D eigenvalue weighted by molar-refractivity contribution is 6.00. The van der Waals surface area contributed by atoms with E-state index in [1.54, 1.807) is 0 Å². The Morgan fingerprint density at radius 2 is 1.82 bits per heavy atom. The van der Waals surface area contributed by atoms with Crippen molar-refractivity contribution in [3.63, 3.8) is 0 Å². The molecule has 0 heterocycles. The number of carbonyl (C=O) groups is 3. The summed E-state index contributed by atoms with van der Waals surface area (Å²) in [6.07, 6.45) is 1.55. The van der Waals surface area contributed by atoms with Gasteiger partial charge in [0.1, 0.15) is 11.6 Å². The average Bonchev–Trinajstić information content (AvgIpc) is 3.04. The van der Waals surface area contributed by atoms with Crippen molar-refractivity contribution in [1.29, 1.82) is 0 Å². The fourth-order valence-electron chi connectivity index (χ4n) is 3.29. The lowest BCUT2D eigenvalue weighted by molar-refractivity contribution is -0.156. The monoisotopic (exact) mass is 312 g/mol. The van der Waals surface area contributed by atoms with E-state index in [2.05, 4.69) is 0 Å². The van der Waals surface area contributed by atoms with Crippen molar-refractivity contribution < 1.29 is 24.2 Å². The molecule has 0 bridgehead atoms. The average molecular weight is 312 g/mol. The van der Waals surface area contributed by atoms with E-state index < -0.39 is 41.6 Å². The number of ketones is 1. The van der Waals surface area contributed by atoms with Gasteiger partial charge in [-0.25, -0.2) is 0 Å². The highest BCUT2D eigenvalue weighted by atomic mass is 16.5. The van der Waals surface area contributed by atoms with Crippen molar-refractivity contribution in [3.8, 4) is 0 Å². The van der Waals surface area contributed by atoms with Crippen molar-refractivity contribution in [2.75, 3.05) is 0 Å². The van der Waals surface area contributed by atoms with E-state index in [0.717, 1.165) is 12.8 Å². The molecule has 2 fully saturated rings. The number of nitrogens with two attached hydrogens (primary N) is 2. The molecule has 2 saturated carbocycles. The number of carboxylic acid groups (broad SMARTS) is 1. The molecule has 0 aliphatic heterocycles. The largest absolute Gasteiger partial charge is 0.481 e. The van der Waals surface area contributed by atoms with Crippen LogP contribution in [-0.4, -0.2) is 40.5 Å². The van der Waals surface area contributed by atoms with Crippen LogP contribution in [0.5, 0.6) is 0 Å². The first-order chi connectivity index (χ1) is 10.2. The van der Waals surface area contributed by atoms with E-state index in [1.165, 1.54) is 0 Å². The van der Waals surface area contributed by atoms with Gasteiger partial charge in [0.2, 0.25) is 0 Å². The Morgan fingerprint density at radius 3 is 2.32 bits per heavy atom. The minimum Gasteiger partial charge on any atom is -0.481 e. The van der Waals surface area contributed by atoms with E-state index in [1.807, 2.05) is 13.8 Å². The second-order valence-electron chi connectivity index (χ2n) is 6.81. The summed E-state index contributed by atoms with van der Waals surface area (Å²) < 4.78 is 5.53. The van der Waals surface area contributed by atoms with Crippen molar-refractivity contribution in [3.05, 3.63) is 0 Å². The van der Waals surface area contributed by atoms with Gasteiger partial charge in [-0.15, -0.1) is 0 Å². The normalized spacial score (nSPS) is 38.4. The molecule has 2 aliphatic carbocycles. The third kappa shape index (κ3) is 3.15. The van der Waals surface area contributed by atoms with Gasteiger partial charge in [0.15, 0.2) is 5.78 Å². The number of carbonyl (C=O) groups excluding carboxylic acids is 2. The van der Waals surface area contributed by atoms with E-state index in [-0.39, 0.29) is 24.4 Å². The maximum Gasteiger partial charge on any atom is 0.327 e. The van der Waals surface area contributed by atoms with Gasteiger partial charge >= 0.3 is 11.9 Å². The lowest BCUT2D eigenvalue weighted by atomic mass is 10.0. The van der Waals surface area contributed by atoms with Crippen molar-refractivity contribution in [2.24, 2.45) is 29.2 Å². The molecule has 0 amide bonds. The number of aliphatic carboxylic acids is 1. The zero-order valence-electron chi connectivity index (χ0n) is 13.0. The van der Waals surface area contributed by atoms with Gasteiger partial charge in [0, 0.05) is 0 Å². The fourth-order valence-corrected chi connectivity index (χ4v) is 3.29. The van der Waals surface area contributed by atoms with Gasteiger partial charge < -0.3 is 21.3 Å². The van der Waals surface area contributed by atoms with E-state index in [9.17, 15) is 14.4 Å². The molecule has 0 aromatic heterocycles. The maximum atomic E-state index is 12.3. The molecule has 22 heavy (non-hydrogen) atoms. The number of ether oxygens (including phenoxy) is 1. The third-order valence-corrected chi connectivity index (χ3v) is 4.93. The Kier molecular flexibility index (Phi) is 4.58. The number of hydrogen-bond acceptors (Lipinski definition) is 6. The van der Waals surface area contributed by atoms with Crippen LogP contribution in [0.15, 0.2) is 0 Å². The molecule has 2 aliphatic rings. The molecule has 2 rings (SSSR count). The van der Waals surface area contributed by atoms with Crippen molar-refractivity contribution >= 4 is 17.7 Å². The van der Waals surface area contributed by atoms with Crippen LogP contribution in [0.2, 0.25) is 0 Å². The first-order valence-electron chi connectivity index (χ1n) is 7.68. The van der Waals surface area contributed by atoms with E-state index >= 15 is 0 Å². The van der Waals surface area contributed by atoms with Crippen LogP contribution in [0.1, 0.15) is 39.5 Å². The summed E-state index contributed by atoms with van der Waals surface area (Å²) in [5.74, 6) is -2.37. The summed E-state index contributed by atoms with van der Waals surface area (Å²) in [6, 6.07) is -1.13. The molecule has 0 radical (unpaired) electrons. The highest BCUT2D eigenvalue weighted by Gasteiger charge is 2.63. The molecule has 7 nitrogen and oxygen atoms in total.